The van der Waals surface area contributed by atoms with E-state index in [2.05, 4.69) is 118 Å². The summed E-state index contributed by atoms with van der Waals surface area (Å²) in [6, 6.07) is 0. The van der Waals surface area contributed by atoms with Gasteiger partial charge in [0, 0.05) is 19.3 Å². The van der Waals surface area contributed by atoms with Gasteiger partial charge in [-0.2, -0.15) is 0 Å². The van der Waals surface area contributed by atoms with Crippen molar-refractivity contribution in [2.45, 2.75) is 252 Å². The van der Waals surface area contributed by atoms with Crippen LogP contribution in [0.25, 0.3) is 0 Å². The van der Waals surface area contributed by atoms with Crippen molar-refractivity contribution in [3.05, 3.63) is 97.2 Å². The van der Waals surface area contributed by atoms with Gasteiger partial charge < -0.3 is 14.2 Å². The number of allylic oxidation sites excluding steroid dienone is 16. The van der Waals surface area contributed by atoms with Crippen molar-refractivity contribution in [1.29, 1.82) is 0 Å². The predicted molar refractivity (Wildman–Crippen MR) is 284 cm³/mol. The van der Waals surface area contributed by atoms with E-state index in [1.54, 1.807) is 0 Å². The summed E-state index contributed by atoms with van der Waals surface area (Å²) in [4.78, 5) is 38.1. The second-order valence-electron chi connectivity index (χ2n) is 17.7. The Kier molecular flexibility index (Phi) is 50.9. The van der Waals surface area contributed by atoms with Gasteiger partial charge in [0.15, 0.2) is 6.10 Å². The topological polar surface area (TPSA) is 78.9 Å². The van der Waals surface area contributed by atoms with E-state index in [1.165, 1.54) is 83.5 Å². The molecular formula is C60H100O6. The van der Waals surface area contributed by atoms with Crippen LogP contribution >= 0.6 is 0 Å². The summed E-state index contributed by atoms with van der Waals surface area (Å²) in [5, 5.41) is 0. The Bertz CT molecular complexity index is 1330. The maximum absolute atomic E-state index is 12.8. The maximum Gasteiger partial charge on any atom is 0.306 e. The van der Waals surface area contributed by atoms with Crippen LogP contribution in [0.3, 0.4) is 0 Å². The lowest BCUT2D eigenvalue weighted by Gasteiger charge is -2.18. The van der Waals surface area contributed by atoms with Gasteiger partial charge in [-0.1, -0.05) is 201 Å². The van der Waals surface area contributed by atoms with E-state index in [9.17, 15) is 14.4 Å². The van der Waals surface area contributed by atoms with E-state index in [1.807, 2.05) is 0 Å². The van der Waals surface area contributed by atoms with Gasteiger partial charge >= 0.3 is 17.9 Å². The third-order valence-corrected chi connectivity index (χ3v) is 11.3. The maximum atomic E-state index is 12.8. The first-order valence-electron chi connectivity index (χ1n) is 27.2. The monoisotopic (exact) mass is 917 g/mol. The van der Waals surface area contributed by atoms with Crippen molar-refractivity contribution in [2.75, 3.05) is 13.2 Å². The molecule has 0 spiro atoms. The van der Waals surface area contributed by atoms with Gasteiger partial charge in [-0.15, -0.1) is 0 Å². The molecule has 0 aromatic heterocycles. The van der Waals surface area contributed by atoms with Crippen molar-refractivity contribution in [3.63, 3.8) is 0 Å². The van der Waals surface area contributed by atoms with Crippen LogP contribution in [0.5, 0.6) is 0 Å². The second kappa shape index (κ2) is 53.9. The highest BCUT2D eigenvalue weighted by atomic mass is 16.6. The number of hydrogen-bond acceptors (Lipinski definition) is 6. The zero-order valence-corrected chi connectivity index (χ0v) is 42.9. The summed E-state index contributed by atoms with van der Waals surface area (Å²) >= 11 is 0. The van der Waals surface area contributed by atoms with Crippen LogP contribution in [0.2, 0.25) is 0 Å². The second-order valence-corrected chi connectivity index (χ2v) is 17.7. The fourth-order valence-corrected chi connectivity index (χ4v) is 7.20. The highest BCUT2D eigenvalue weighted by molar-refractivity contribution is 5.71. The molecule has 6 heteroatoms. The predicted octanol–water partition coefficient (Wildman–Crippen LogP) is 18.1. The lowest BCUT2D eigenvalue weighted by molar-refractivity contribution is -0.167. The highest BCUT2D eigenvalue weighted by Gasteiger charge is 2.19. The molecule has 0 amide bonds. The smallest absolute Gasteiger partial charge is 0.306 e. The van der Waals surface area contributed by atoms with Gasteiger partial charge in [-0.25, -0.2) is 0 Å². The lowest BCUT2D eigenvalue weighted by atomic mass is 10.1. The normalized spacial score (nSPS) is 12.8. The Morgan fingerprint density at radius 1 is 0.318 bits per heavy atom. The minimum absolute atomic E-state index is 0.104. The van der Waals surface area contributed by atoms with Crippen molar-refractivity contribution >= 4 is 17.9 Å². The summed E-state index contributed by atoms with van der Waals surface area (Å²) in [6.07, 6.45) is 71.0. The van der Waals surface area contributed by atoms with Crippen LogP contribution < -0.4 is 0 Å². The largest absolute Gasteiger partial charge is 0.462 e. The van der Waals surface area contributed by atoms with Crippen molar-refractivity contribution in [2.24, 2.45) is 0 Å². The molecule has 0 fully saturated rings. The van der Waals surface area contributed by atoms with Gasteiger partial charge in [0.1, 0.15) is 13.2 Å². The molecule has 0 aliphatic rings. The first-order chi connectivity index (χ1) is 32.5. The zero-order chi connectivity index (χ0) is 47.9. The molecule has 0 bridgehead atoms. The molecule has 0 aliphatic carbocycles. The molecule has 0 radical (unpaired) electrons. The fraction of sp³-hybridized carbons (Fsp3) is 0.683. The third kappa shape index (κ3) is 51.3. The van der Waals surface area contributed by atoms with Crippen molar-refractivity contribution in [3.8, 4) is 0 Å². The molecule has 0 rings (SSSR count). The fourth-order valence-electron chi connectivity index (χ4n) is 7.20. The molecule has 376 valence electrons. The Hall–Kier alpha value is -3.67. The molecule has 0 saturated heterocycles. The quantitative estimate of drug-likeness (QED) is 0.0262. The molecule has 0 N–H and O–H groups in total. The molecular weight excluding hydrogens is 817 g/mol. The average Bonchev–Trinajstić information content (AvgIpc) is 3.31. The first kappa shape index (κ1) is 62.3. The van der Waals surface area contributed by atoms with Crippen LogP contribution in [0.4, 0.5) is 0 Å². The van der Waals surface area contributed by atoms with Crippen molar-refractivity contribution in [1.82, 2.24) is 0 Å². The highest BCUT2D eigenvalue weighted by Crippen LogP contribution is 2.13. The van der Waals surface area contributed by atoms with Gasteiger partial charge in [-0.05, 0) is 122 Å². The number of carbonyl (C=O) groups is 3. The molecule has 6 nitrogen and oxygen atoms in total. The minimum atomic E-state index is -0.809. The summed E-state index contributed by atoms with van der Waals surface area (Å²) < 4.78 is 16.8. The third-order valence-electron chi connectivity index (χ3n) is 11.3. The molecule has 0 saturated carbocycles. The van der Waals surface area contributed by atoms with Gasteiger partial charge in [0.05, 0.1) is 0 Å². The van der Waals surface area contributed by atoms with E-state index >= 15 is 0 Å². The number of ether oxygens (including phenoxy) is 3. The van der Waals surface area contributed by atoms with E-state index in [4.69, 9.17) is 14.2 Å². The average molecular weight is 917 g/mol. The number of rotatable bonds is 48. The number of carbonyl (C=O) groups excluding carboxylic acids is 3. The SMILES string of the molecule is CC/C=C\C/C=C\C/C=C\C/C=C\CCCCC(=O)OC(COC(=O)CCCCCCC/C=C\C/C=C\CCCCC)COC(=O)CCCCCCCCC/C=C\C/C=C\CCCCCC. The summed E-state index contributed by atoms with van der Waals surface area (Å²) in [5.74, 6) is -0.968. The van der Waals surface area contributed by atoms with E-state index in [-0.39, 0.29) is 37.5 Å². The number of hydrogen-bond donors (Lipinski definition) is 0. The number of esters is 3. The van der Waals surface area contributed by atoms with Crippen molar-refractivity contribution < 1.29 is 28.6 Å². The molecule has 1 unspecified atom stereocenters. The molecule has 1 atom stereocenters. The summed E-state index contributed by atoms with van der Waals surface area (Å²) in [6.45, 7) is 6.43. The Balaban J connectivity index is 4.48. The van der Waals surface area contributed by atoms with Crippen LogP contribution in [0, 0.1) is 0 Å². The molecule has 0 heterocycles. The van der Waals surface area contributed by atoms with Gasteiger partial charge in [0.25, 0.3) is 0 Å². The van der Waals surface area contributed by atoms with Gasteiger partial charge in [0.2, 0.25) is 0 Å². The molecule has 66 heavy (non-hydrogen) atoms. The molecule has 0 aromatic rings. The minimum Gasteiger partial charge on any atom is -0.462 e. The molecule has 0 aliphatic heterocycles. The van der Waals surface area contributed by atoms with Gasteiger partial charge in [-0.3, -0.25) is 14.4 Å². The molecule has 0 aromatic carbocycles. The number of unbranched alkanes of at least 4 members (excludes halogenated alkanes) is 21. The zero-order valence-electron chi connectivity index (χ0n) is 42.9. The summed E-state index contributed by atoms with van der Waals surface area (Å²) in [5.41, 5.74) is 0. The van der Waals surface area contributed by atoms with Crippen LogP contribution in [-0.2, 0) is 28.6 Å². The first-order valence-corrected chi connectivity index (χ1v) is 27.2. The standard InChI is InChI=1S/C60H100O6/c1-4-7-10-13-16-19-22-25-28-29-30-33-35-38-41-44-47-50-53-59(62)65-56-57(66-60(63)54-51-48-45-42-39-36-32-27-24-21-18-15-12-9-6-3)55-64-58(61)52-49-46-43-40-37-34-31-26-23-20-17-14-11-8-5-2/h9,12,17-22,26-29,31-32,39,42,57H,4-8,10-11,13-16,23-25,30,33-38,40-41,43-56H2,1-3H3/b12-9-,20-17-,21-18-,22-19-,29-28-,31-26-,32-27-,42-39-. The lowest BCUT2D eigenvalue weighted by Crippen LogP contribution is -2.30. The summed E-state index contributed by atoms with van der Waals surface area (Å²) in [7, 11) is 0. The van der Waals surface area contributed by atoms with E-state index < -0.39 is 6.10 Å². The van der Waals surface area contributed by atoms with Crippen LogP contribution in [0.15, 0.2) is 97.2 Å². The van der Waals surface area contributed by atoms with Crippen LogP contribution in [0.1, 0.15) is 245 Å². The van der Waals surface area contributed by atoms with E-state index in [0.717, 1.165) is 116 Å². The van der Waals surface area contributed by atoms with Crippen LogP contribution in [-0.4, -0.2) is 37.2 Å². The van der Waals surface area contributed by atoms with E-state index in [0.29, 0.717) is 19.3 Å². The Labute approximate surface area is 407 Å². The Morgan fingerprint density at radius 3 is 0.985 bits per heavy atom. The Morgan fingerprint density at radius 2 is 0.591 bits per heavy atom.